The van der Waals surface area contributed by atoms with Crippen LogP contribution in [0.3, 0.4) is 0 Å². The van der Waals surface area contributed by atoms with Crippen LogP contribution in [0.2, 0.25) is 0 Å². The van der Waals surface area contributed by atoms with Gasteiger partial charge in [-0.1, -0.05) is 0 Å². The van der Waals surface area contributed by atoms with E-state index in [0.717, 1.165) is 0 Å². The molecule has 0 N–H and O–H groups in total. The molecule has 1 amide bonds. The Morgan fingerprint density at radius 2 is 2.14 bits per heavy atom. The van der Waals surface area contributed by atoms with Crippen LogP contribution in [0.5, 0.6) is 0 Å². The molecule has 2 aromatic rings. The largest absolute Gasteiger partial charge is 0.444 e. The molecule has 3 rings (SSSR count). The highest BCUT2D eigenvalue weighted by Gasteiger charge is 2.43. The van der Waals surface area contributed by atoms with Gasteiger partial charge in [-0.2, -0.15) is 0 Å². The molecular weight excluding hydrogens is 364 g/mol. The molecule has 21 heavy (non-hydrogen) atoms. The van der Waals surface area contributed by atoms with Crippen molar-refractivity contribution in [1.29, 1.82) is 0 Å². The number of aromatic nitrogens is 3. The van der Waals surface area contributed by atoms with Crippen LogP contribution in [0, 0.1) is 0 Å². The topological polar surface area (TPSA) is 98.3 Å². The summed E-state index contributed by atoms with van der Waals surface area (Å²) in [6, 6.07) is 3.15. The first-order valence-corrected chi connectivity index (χ1v) is 8.36. The molecule has 3 heterocycles. The van der Waals surface area contributed by atoms with Crippen molar-refractivity contribution in [2.45, 2.75) is 10.4 Å². The van der Waals surface area contributed by atoms with Crippen LogP contribution in [-0.4, -0.2) is 52.3 Å². The van der Waals surface area contributed by atoms with Crippen molar-refractivity contribution in [2.75, 3.05) is 13.1 Å². The van der Waals surface area contributed by atoms with Crippen LogP contribution in [0.1, 0.15) is 10.6 Å². The fourth-order valence-corrected chi connectivity index (χ4v) is 4.03. The third-order valence-corrected chi connectivity index (χ3v) is 5.76. The Balaban J connectivity index is 1.71. The lowest BCUT2D eigenvalue weighted by Crippen LogP contribution is -2.57. The minimum absolute atomic E-state index is 0.0830. The Bertz CT molecular complexity index is 791. The number of hydrogen-bond acceptors (Lipinski definition) is 6. The van der Waals surface area contributed by atoms with Crippen molar-refractivity contribution in [1.82, 2.24) is 19.7 Å². The van der Waals surface area contributed by atoms with Crippen molar-refractivity contribution in [3.05, 3.63) is 28.9 Å². The van der Waals surface area contributed by atoms with E-state index in [4.69, 9.17) is 4.42 Å². The van der Waals surface area contributed by atoms with Crippen molar-refractivity contribution in [3.63, 3.8) is 0 Å². The number of amides is 1. The van der Waals surface area contributed by atoms with Crippen molar-refractivity contribution >= 4 is 31.7 Å². The number of likely N-dealkylation sites (tertiary alicyclic amines) is 1. The van der Waals surface area contributed by atoms with Gasteiger partial charge in [0, 0.05) is 20.1 Å². The molecule has 2 aromatic heterocycles. The van der Waals surface area contributed by atoms with Gasteiger partial charge in [0.25, 0.3) is 5.91 Å². The zero-order chi connectivity index (χ0) is 15.2. The third-order valence-electron chi connectivity index (χ3n) is 3.28. The normalized spacial score (nSPS) is 16.0. The summed E-state index contributed by atoms with van der Waals surface area (Å²) in [6.07, 6.45) is 1.33. The lowest BCUT2D eigenvalue weighted by Gasteiger charge is -2.37. The van der Waals surface area contributed by atoms with E-state index in [1.54, 1.807) is 13.1 Å². The number of carbonyl (C=O) groups is 1. The number of nitrogens with zero attached hydrogens (tertiary/aromatic N) is 4. The second kappa shape index (κ2) is 4.95. The van der Waals surface area contributed by atoms with Gasteiger partial charge >= 0.3 is 0 Å². The van der Waals surface area contributed by atoms with E-state index in [0.29, 0.717) is 4.67 Å². The minimum Gasteiger partial charge on any atom is -0.444 e. The molecule has 1 saturated heterocycles. The summed E-state index contributed by atoms with van der Waals surface area (Å²) in [5, 5.41) is 6.44. The zero-order valence-electron chi connectivity index (χ0n) is 10.9. The smallest absolute Gasteiger partial charge is 0.289 e. The molecule has 0 unspecified atom stereocenters. The monoisotopic (exact) mass is 374 g/mol. The van der Waals surface area contributed by atoms with Crippen LogP contribution < -0.4 is 0 Å². The fraction of sp³-hybridized carbons (Fsp3) is 0.364. The van der Waals surface area contributed by atoms with Gasteiger partial charge in [-0.15, -0.1) is 10.2 Å². The van der Waals surface area contributed by atoms with E-state index >= 15 is 0 Å². The van der Waals surface area contributed by atoms with Gasteiger partial charge in [0.2, 0.25) is 15.0 Å². The molecule has 0 spiro atoms. The first-order valence-electron chi connectivity index (χ1n) is 6.02. The molecule has 1 fully saturated rings. The standard InChI is InChI=1S/C11H11BrN4O4S/c1-15-6-13-14-11(15)21(18,19)7-4-16(5-7)10(17)8-2-3-9(12)20-8/h2-3,6-7H,4-5H2,1H3. The first kappa shape index (κ1) is 14.3. The second-order valence-electron chi connectivity index (χ2n) is 4.71. The second-order valence-corrected chi connectivity index (χ2v) is 7.61. The number of halogens is 1. The molecule has 0 atom stereocenters. The maximum atomic E-state index is 12.3. The number of rotatable bonds is 3. The molecule has 1 aliphatic heterocycles. The van der Waals surface area contributed by atoms with Crippen LogP contribution in [0.4, 0.5) is 0 Å². The quantitative estimate of drug-likeness (QED) is 0.774. The number of sulfone groups is 1. The average Bonchev–Trinajstić information content (AvgIpc) is 2.95. The van der Waals surface area contributed by atoms with Crippen LogP contribution in [-0.2, 0) is 16.9 Å². The van der Waals surface area contributed by atoms with Crippen molar-refractivity contribution in [2.24, 2.45) is 7.05 Å². The Kier molecular flexibility index (Phi) is 3.36. The maximum Gasteiger partial charge on any atom is 0.289 e. The summed E-state index contributed by atoms with van der Waals surface area (Å²) in [6.45, 7) is 0.235. The number of carbonyl (C=O) groups excluding carboxylic acids is 1. The molecule has 0 aromatic carbocycles. The Labute approximate surface area is 128 Å². The molecule has 0 bridgehead atoms. The van der Waals surface area contributed by atoms with E-state index in [-0.39, 0.29) is 29.9 Å². The predicted molar refractivity (Wildman–Crippen MR) is 74.3 cm³/mol. The summed E-state index contributed by atoms with van der Waals surface area (Å²) in [5.74, 6) is -0.151. The molecule has 1 aliphatic rings. The van der Waals surface area contributed by atoms with E-state index in [2.05, 4.69) is 26.1 Å². The number of furan rings is 1. The maximum absolute atomic E-state index is 12.3. The van der Waals surface area contributed by atoms with Gasteiger partial charge in [0.15, 0.2) is 10.4 Å². The lowest BCUT2D eigenvalue weighted by molar-refractivity contribution is 0.0624. The molecule has 112 valence electrons. The van der Waals surface area contributed by atoms with Gasteiger partial charge in [0.1, 0.15) is 11.6 Å². The molecule has 10 heteroatoms. The van der Waals surface area contributed by atoms with Gasteiger partial charge in [0.05, 0.1) is 0 Å². The van der Waals surface area contributed by atoms with Crippen LogP contribution in [0.25, 0.3) is 0 Å². The molecular formula is C11H11BrN4O4S. The fourth-order valence-electron chi connectivity index (χ4n) is 2.06. The summed E-state index contributed by atoms with van der Waals surface area (Å²) >= 11 is 3.12. The summed E-state index contributed by atoms with van der Waals surface area (Å²) < 4.78 is 31.6. The third kappa shape index (κ3) is 2.38. The van der Waals surface area contributed by atoms with Gasteiger partial charge in [-0.25, -0.2) is 8.42 Å². The van der Waals surface area contributed by atoms with Gasteiger partial charge in [-0.3, -0.25) is 4.79 Å². The highest BCUT2D eigenvalue weighted by atomic mass is 79.9. The SMILES string of the molecule is Cn1cnnc1S(=O)(=O)C1CN(C(=O)c2ccc(Br)o2)C1. The van der Waals surface area contributed by atoms with E-state index in [9.17, 15) is 13.2 Å². The predicted octanol–water partition coefficient (Wildman–Crippen LogP) is 0.469. The van der Waals surface area contributed by atoms with Gasteiger partial charge in [-0.05, 0) is 28.1 Å². The number of aryl methyl sites for hydroxylation is 1. The summed E-state index contributed by atoms with van der Waals surface area (Å²) in [5.41, 5.74) is 0. The van der Waals surface area contributed by atoms with Crippen LogP contribution >= 0.6 is 15.9 Å². The van der Waals surface area contributed by atoms with Gasteiger partial charge < -0.3 is 13.9 Å². The Morgan fingerprint density at radius 1 is 1.43 bits per heavy atom. The molecule has 0 saturated carbocycles. The van der Waals surface area contributed by atoms with Crippen molar-refractivity contribution < 1.29 is 17.6 Å². The molecule has 0 radical (unpaired) electrons. The summed E-state index contributed by atoms with van der Waals surface area (Å²) in [7, 11) is -2.01. The summed E-state index contributed by atoms with van der Waals surface area (Å²) in [4.78, 5) is 13.5. The lowest BCUT2D eigenvalue weighted by atomic mass is 10.2. The highest BCUT2D eigenvalue weighted by Crippen LogP contribution is 2.24. The zero-order valence-corrected chi connectivity index (χ0v) is 13.3. The highest BCUT2D eigenvalue weighted by molar-refractivity contribution is 9.10. The van der Waals surface area contributed by atoms with E-state index in [1.807, 2.05) is 0 Å². The van der Waals surface area contributed by atoms with Crippen molar-refractivity contribution in [3.8, 4) is 0 Å². The minimum atomic E-state index is -3.58. The average molecular weight is 375 g/mol. The molecule has 0 aliphatic carbocycles. The first-order chi connectivity index (χ1) is 9.89. The Morgan fingerprint density at radius 3 is 2.67 bits per heavy atom. The number of hydrogen-bond donors (Lipinski definition) is 0. The van der Waals surface area contributed by atoms with E-state index in [1.165, 1.54) is 21.9 Å². The molecule has 8 nitrogen and oxygen atoms in total. The van der Waals surface area contributed by atoms with E-state index < -0.39 is 15.1 Å². The van der Waals surface area contributed by atoms with Crippen LogP contribution in [0.15, 0.2) is 32.7 Å². The Hall–Kier alpha value is -1.68.